The monoisotopic (exact) mass is 374 g/mol. The Kier molecular flexibility index (Phi) is 4.09. The average Bonchev–Trinajstić information content (AvgIpc) is 2.84. The van der Waals surface area contributed by atoms with E-state index in [4.69, 9.17) is 9.47 Å². The lowest BCUT2D eigenvalue weighted by molar-refractivity contribution is -0.110. The molecule has 0 fully saturated rings. The normalized spacial score (nSPS) is 14.6. The highest BCUT2D eigenvalue weighted by Gasteiger charge is 2.28. The molecule has 1 aliphatic rings. The van der Waals surface area contributed by atoms with Gasteiger partial charge in [-0.15, -0.1) is 0 Å². The molecule has 23 heavy (non-hydrogen) atoms. The number of benzene rings is 2. The van der Waals surface area contributed by atoms with E-state index in [9.17, 15) is 4.79 Å². The fourth-order valence-corrected chi connectivity index (χ4v) is 3.07. The second-order valence-corrected chi connectivity index (χ2v) is 6.01. The first kappa shape index (κ1) is 15.6. The van der Waals surface area contributed by atoms with Crippen LogP contribution in [0.25, 0.3) is 0 Å². The molecule has 1 aliphatic heterocycles. The predicted molar refractivity (Wildman–Crippen MR) is 93.3 cm³/mol. The van der Waals surface area contributed by atoms with Gasteiger partial charge in [0.25, 0.3) is 5.91 Å². The summed E-state index contributed by atoms with van der Waals surface area (Å²) in [6.07, 6.45) is 0. The summed E-state index contributed by atoms with van der Waals surface area (Å²) >= 11 is 3.46. The Morgan fingerprint density at radius 2 is 1.91 bits per heavy atom. The van der Waals surface area contributed by atoms with E-state index in [-0.39, 0.29) is 5.91 Å². The van der Waals surface area contributed by atoms with Crippen LogP contribution in [0.3, 0.4) is 0 Å². The van der Waals surface area contributed by atoms with E-state index in [1.807, 2.05) is 19.1 Å². The highest BCUT2D eigenvalue weighted by molar-refractivity contribution is 9.10. The molecule has 1 N–H and O–H groups in total. The number of aryl methyl sites for hydroxylation is 1. The van der Waals surface area contributed by atoms with Crippen LogP contribution < -0.4 is 14.8 Å². The minimum absolute atomic E-state index is 0.223. The van der Waals surface area contributed by atoms with E-state index in [0.29, 0.717) is 22.9 Å². The molecule has 1 heterocycles. The SMILES string of the molecule is COc1ccc(N=C2C(=O)Nc3c(C)cc(Br)cc32)c(OC)c1. The number of fused-ring (bicyclic) bond motifs is 1. The van der Waals surface area contributed by atoms with Gasteiger partial charge in [-0.25, -0.2) is 4.99 Å². The number of nitrogens with one attached hydrogen (secondary N) is 1. The summed E-state index contributed by atoms with van der Waals surface area (Å²) in [6.45, 7) is 1.95. The van der Waals surface area contributed by atoms with Gasteiger partial charge in [0.2, 0.25) is 0 Å². The van der Waals surface area contributed by atoms with Gasteiger partial charge in [-0.3, -0.25) is 4.79 Å². The van der Waals surface area contributed by atoms with Crippen LogP contribution in [0, 0.1) is 6.92 Å². The molecule has 0 aromatic heterocycles. The molecule has 0 atom stereocenters. The number of carbonyl (C=O) groups excluding carboxylic acids is 1. The Hall–Kier alpha value is -2.34. The molecule has 0 bridgehead atoms. The summed E-state index contributed by atoms with van der Waals surface area (Å²) in [5.74, 6) is 0.990. The summed E-state index contributed by atoms with van der Waals surface area (Å²) in [7, 11) is 3.14. The number of rotatable bonds is 3. The number of anilines is 1. The lowest BCUT2D eigenvalue weighted by Gasteiger charge is -2.08. The van der Waals surface area contributed by atoms with Crippen LogP contribution >= 0.6 is 15.9 Å². The minimum atomic E-state index is -0.223. The lowest BCUT2D eigenvalue weighted by atomic mass is 10.1. The first-order chi connectivity index (χ1) is 11.0. The van der Waals surface area contributed by atoms with Gasteiger partial charge < -0.3 is 14.8 Å². The van der Waals surface area contributed by atoms with Crippen LogP contribution in [0.1, 0.15) is 11.1 Å². The third kappa shape index (κ3) is 2.82. The second kappa shape index (κ2) is 6.04. The number of hydrogen-bond acceptors (Lipinski definition) is 4. The van der Waals surface area contributed by atoms with E-state index in [1.54, 1.807) is 32.4 Å². The predicted octanol–water partition coefficient (Wildman–Crippen LogP) is 3.85. The lowest BCUT2D eigenvalue weighted by Crippen LogP contribution is -2.14. The standard InChI is InChI=1S/C17H15BrN2O3/c1-9-6-10(18)7-12-15(9)20-17(21)16(12)19-13-5-4-11(22-2)8-14(13)23-3/h4-8H,1-3H3,(H,19,20,21). The van der Waals surface area contributed by atoms with Gasteiger partial charge in [-0.2, -0.15) is 0 Å². The first-order valence-corrected chi connectivity index (χ1v) is 7.75. The number of methoxy groups -OCH3 is 2. The largest absolute Gasteiger partial charge is 0.497 e. The molecule has 2 aromatic carbocycles. The van der Waals surface area contributed by atoms with Crippen molar-refractivity contribution in [1.29, 1.82) is 0 Å². The highest BCUT2D eigenvalue weighted by Crippen LogP contribution is 2.35. The van der Waals surface area contributed by atoms with Crippen molar-refractivity contribution in [2.24, 2.45) is 4.99 Å². The molecule has 0 saturated carbocycles. The van der Waals surface area contributed by atoms with E-state index < -0.39 is 0 Å². The van der Waals surface area contributed by atoms with E-state index in [1.165, 1.54) is 0 Å². The zero-order chi connectivity index (χ0) is 16.6. The van der Waals surface area contributed by atoms with Gasteiger partial charge in [-0.05, 0) is 36.8 Å². The van der Waals surface area contributed by atoms with Gasteiger partial charge in [0.15, 0.2) is 0 Å². The van der Waals surface area contributed by atoms with Crippen LogP contribution in [0.4, 0.5) is 11.4 Å². The number of ether oxygens (including phenoxy) is 2. The van der Waals surface area contributed by atoms with Gasteiger partial charge in [0, 0.05) is 16.1 Å². The molecule has 6 heteroatoms. The first-order valence-electron chi connectivity index (χ1n) is 6.96. The summed E-state index contributed by atoms with van der Waals surface area (Å²) in [4.78, 5) is 16.8. The highest BCUT2D eigenvalue weighted by atomic mass is 79.9. The number of amides is 1. The number of nitrogens with zero attached hydrogens (tertiary/aromatic N) is 1. The van der Waals surface area contributed by atoms with Gasteiger partial charge in [0.05, 0.1) is 19.9 Å². The van der Waals surface area contributed by atoms with Crippen LogP contribution in [0.15, 0.2) is 39.8 Å². The molecular formula is C17H15BrN2O3. The Balaban J connectivity index is 2.13. The number of carbonyl (C=O) groups is 1. The zero-order valence-electron chi connectivity index (χ0n) is 12.9. The molecule has 5 nitrogen and oxygen atoms in total. The maximum Gasteiger partial charge on any atom is 0.275 e. The molecule has 118 valence electrons. The smallest absolute Gasteiger partial charge is 0.275 e. The molecule has 0 unspecified atom stereocenters. The summed E-state index contributed by atoms with van der Waals surface area (Å²) in [5, 5.41) is 2.87. The maximum atomic E-state index is 12.3. The molecule has 0 saturated heterocycles. The fraction of sp³-hybridized carbons (Fsp3) is 0.176. The molecule has 1 amide bonds. The maximum absolute atomic E-state index is 12.3. The van der Waals surface area contributed by atoms with Gasteiger partial charge >= 0.3 is 0 Å². The molecule has 2 aromatic rings. The van der Waals surface area contributed by atoms with Crippen molar-refractivity contribution in [3.63, 3.8) is 0 Å². The topological polar surface area (TPSA) is 59.9 Å². The van der Waals surface area contributed by atoms with Crippen molar-refractivity contribution in [1.82, 2.24) is 0 Å². The molecule has 0 spiro atoms. The van der Waals surface area contributed by atoms with Crippen LogP contribution in [-0.2, 0) is 4.79 Å². The van der Waals surface area contributed by atoms with Crippen molar-refractivity contribution in [3.05, 3.63) is 45.9 Å². The van der Waals surface area contributed by atoms with Gasteiger partial charge in [0.1, 0.15) is 22.9 Å². The minimum Gasteiger partial charge on any atom is -0.497 e. The van der Waals surface area contributed by atoms with E-state index in [0.717, 1.165) is 21.3 Å². The van der Waals surface area contributed by atoms with Crippen LogP contribution in [-0.4, -0.2) is 25.8 Å². The summed E-state index contributed by atoms with van der Waals surface area (Å²) < 4.78 is 11.4. The number of aliphatic imine (C=N–C) groups is 1. The number of halogens is 1. The van der Waals surface area contributed by atoms with Crippen molar-refractivity contribution in [2.75, 3.05) is 19.5 Å². The third-order valence-electron chi connectivity index (χ3n) is 3.63. The Morgan fingerprint density at radius 3 is 2.61 bits per heavy atom. The Labute approximate surface area is 142 Å². The molecule has 0 aliphatic carbocycles. The molecule has 3 rings (SSSR count). The van der Waals surface area contributed by atoms with Gasteiger partial charge in [-0.1, -0.05) is 15.9 Å². The third-order valence-corrected chi connectivity index (χ3v) is 4.09. The zero-order valence-corrected chi connectivity index (χ0v) is 14.5. The molecular weight excluding hydrogens is 360 g/mol. The molecule has 0 radical (unpaired) electrons. The van der Waals surface area contributed by atoms with E-state index in [2.05, 4.69) is 26.2 Å². The summed E-state index contributed by atoms with van der Waals surface area (Å²) in [5.41, 5.74) is 3.50. The van der Waals surface area contributed by atoms with Crippen molar-refractivity contribution in [3.8, 4) is 11.5 Å². The second-order valence-electron chi connectivity index (χ2n) is 5.10. The average molecular weight is 375 g/mol. The number of hydrogen-bond donors (Lipinski definition) is 1. The Bertz CT molecular complexity index is 831. The van der Waals surface area contributed by atoms with Crippen LogP contribution in [0.5, 0.6) is 11.5 Å². The fourth-order valence-electron chi connectivity index (χ4n) is 2.50. The quantitative estimate of drug-likeness (QED) is 0.887. The van der Waals surface area contributed by atoms with E-state index >= 15 is 0 Å². The van der Waals surface area contributed by atoms with Crippen molar-refractivity contribution in [2.45, 2.75) is 6.92 Å². The van der Waals surface area contributed by atoms with Crippen LogP contribution in [0.2, 0.25) is 0 Å². The Morgan fingerprint density at radius 1 is 1.13 bits per heavy atom. The van der Waals surface area contributed by atoms with Crippen molar-refractivity contribution >= 4 is 38.9 Å². The summed E-state index contributed by atoms with van der Waals surface area (Å²) in [6, 6.07) is 9.12. The van der Waals surface area contributed by atoms with Crippen molar-refractivity contribution < 1.29 is 14.3 Å².